The van der Waals surface area contributed by atoms with Crippen molar-refractivity contribution < 1.29 is 9.21 Å². The number of hydrogen-bond donors (Lipinski definition) is 1. The lowest BCUT2D eigenvalue weighted by Crippen LogP contribution is -2.35. The number of carbonyl (C=O) groups is 1. The second-order valence-electron chi connectivity index (χ2n) is 5.96. The van der Waals surface area contributed by atoms with E-state index in [0.29, 0.717) is 11.1 Å². The van der Waals surface area contributed by atoms with E-state index < -0.39 is 0 Å². The summed E-state index contributed by atoms with van der Waals surface area (Å²) in [6.45, 7) is 2.70. The van der Waals surface area contributed by atoms with Crippen molar-refractivity contribution in [3.63, 3.8) is 0 Å². The minimum Gasteiger partial charge on any atom is -0.431 e. The normalized spacial score (nSPS) is 17.5. The molecule has 1 unspecified atom stereocenters. The fraction of sp³-hybridized carbons (Fsp3) is 0.529. The van der Waals surface area contributed by atoms with Crippen molar-refractivity contribution in [3.05, 3.63) is 24.3 Å². The van der Waals surface area contributed by atoms with Crippen molar-refractivity contribution in [1.29, 1.82) is 0 Å². The number of benzene rings is 1. The highest BCUT2D eigenvalue weighted by atomic mass is 32.2. The van der Waals surface area contributed by atoms with Gasteiger partial charge < -0.3 is 9.73 Å². The van der Waals surface area contributed by atoms with Crippen molar-refractivity contribution in [3.8, 4) is 0 Å². The first-order valence-corrected chi connectivity index (χ1v) is 8.90. The number of nitrogens with one attached hydrogen (secondary N) is 1. The molecule has 0 saturated heterocycles. The number of hydrogen-bond acceptors (Lipinski definition) is 4. The van der Waals surface area contributed by atoms with Crippen LogP contribution in [-0.2, 0) is 4.79 Å². The van der Waals surface area contributed by atoms with Gasteiger partial charge in [-0.25, -0.2) is 4.98 Å². The first kappa shape index (κ1) is 15.4. The maximum absolute atomic E-state index is 12.2. The van der Waals surface area contributed by atoms with Crippen LogP contribution >= 0.6 is 11.8 Å². The molecule has 1 atom stereocenters. The summed E-state index contributed by atoms with van der Waals surface area (Å²) in [5.74, 6) is 0.719. The molecule has 4 nitrogen and oxygen atoms in total. The molecule has 1 aromatic carbocycles. The SMILES string of the molecule is CC(Sc1nc2ccccc2o1)C(=O)NCC1CCCCC1. The number of nitrogens with zero attached hydrogens (tertiary/aromatic N) is 1. The minimum atomic E-state index is -0.198. The van der Waals surface area contributed by atoms with Crippen molar-refractivity contribution in [1.82, 2.24) is 10.3 Å². The molecule has 118 valence electrons. The molecule has 2 aromatic rings. The molecule has 1 aliphatic rings. The first-order chi connectivity index (χ1) is 10.7. The van der Waals surface area contributed by atoms with Crippen molar-refractivity contribution in [2.45, 2.75) is 49.5 Å². The van der Waals surface area contributed by atoms with E-state index in [4.69, 9.17) is 4.42 Å². The van der Waals surface area contributed by atoms with Crippen LogP contribution in [0.3, 0.4) is 0 Å². The summed E-state index contributed by atoms with van der Waals surface area (Å²) in [5, 5.41) is 3.44. The summed E-state index contributed by atoms with van der Waals surface area (Å²) in [4.78, 5) is 16.6. The zero-order valence-electron chi connectivity index (χ0n) is 12.9. The molecule has 22 heavy (non-hydrogen) atoms. The van der Waals surface area contributed by atoms with Gasteiger partial charge in [0, 0.05) is 6.54 Å². The number of rotatable bonds is 5. The van der Waals surface area contributed by atoms with E-state index in [0.717, 1.165) is 17.6 Å². The molecule has 0 aliphatic heterocycles. The molecule has 5 heteroatoms. The van der Waals surface area contributed by atoms with Gasteiger partial charge in [-0.15, -0.1) is 0 Å². The van der Waals surface area contributed by atoms with Gasteiger partial charge >= 0.3 is 0 Å². The van der Waals surface area contributed by atoms with Crippen LogP contribution in [-0.4, -0.2) is 22.7 Å². The summed E-state index contributed by atoms with van der Waals surface area (Å²) in [7, 11) is 0. The Balaban J connectivity index is 1.51. The van der Waals surface area contributed by atoms with Crippen LogP contribution in [0.25, 0.3) is 11.1 Å². The smallest absolute Gasteiger partial charge is 0.257 e. The number of aromatic nitrogens is 1. The van der Waals surface area contributed by atoms with Crippen LogP contribution in [0.1, 0.15) is 39.0 Å². The highest BCUT2D eigenvalue weighted by molar-refractivity contribution is 8.00. The van der Waals surface area contributed by atoms with E-state index in [-0.39, 0.29) is 11.2 Å². The van der Waals surface area contributed by atoms with Gasteiger partial charge in [0.2, 0.25) is 5.91 Å². The number of oxazole rings is 1. The third-order valence-electron chi connectivity index (χ3n) is 4.21. The molecule has 1 N–H and O–H groups in total. The van der Waals surface area contributed by atoms with Gasteiger partial charge in [0.05, 0.1) is 5.25 Å². The molecule has 0 bridgehead atoms. The Morgan fingerprint density at radius 3 is 2.91 bits per heavy atom. The summed E-state index contributed by atoms with van der Waals surface area (Å²) >= 11 is 1.37. The van der Waals surface area contributed by atoms with Crippen LogP contribution in [0.4, 0.5) is 0 Å². The van der Waals surface area contributed by atoms with Gasteiger partial charge in [0.15, 0.2) is 5.58 Å². The van der Waals surface area contributed by atoms with Gasteiger partial charge in [-0.3, -0.25) is 4.79 Å². The second-order valence-corrected chi connectivity index (χ2v) is 7.25. The Kier molecular flexibility index (Phi) is 5.03. The summed E-state index contributed by atoms with van der Waals surface area (Å²) in [6, 6.07) is 7.65. The summed E-state index contributed by atoms with van der Waals surface area (Å²) in [6.07, 6.45) is 6.43. The van der Waals surface area contributed by atoms with E-state index in [2.05, 4.69) is 10.3 Å². The predicted octanol–water partition coefficient (Wildman–Crippen LogP) is 4.00. The molecule has 1 heterocycles. The Morgan fingerprint density at radius 2 is 2.14 bits per heavy atom. The average molecular weight is 318 g/mol. The lowest BCUT2D eigenvalue weighted by atomic mass is 9.89. The van der Waals surface area contributed by atoms with Gasteiger partial charge in [-0.1, -0.05) is 43.2 Å². The van der Waals surface area contributed by atoms with Gasteiger partial charge in [0.25, 0.3) is 5.22 Å². The van der Waals surface area contributed by atoms with E-state index in [1.165, 1.54) is 43.9 Å². The van der Waals surface area contributed by atoms with E-state index in [9.17, 15) is 4.79 Å². The number of carbonyl (C=O) groups excluding carboxylic acids is 1. The third kappa shape index (κ3) is 3.83. The fourth-order valence-electron chi connectivity index (χ4n) is 2.89. The first-order valence-electron chi connectivity index (χ1n) is 8.02. The topological polar surface area (TPSA) is 55.1 Å². The summed E-state index contributed by atoms with van der Waals surface area (Å²) in [5.41, 5.74) is 1.60. The van der Waals surface area contributed by atoms with Crippen LogP contribution < -0.4 is 5.32 Å². The molecule has 0 spiro atoms. The van der Waals surface area contributed by atoms with Gasteiger partial charge in [-0.05, 0) is 37.8 Å². The van der Waals surface area contributed by atoms with Crippen molar-refractivity contribution in [2.24, 2.45) is 5.92 Å². The molecule has 1 aromatic heterocycles. The van der Waals surface area contributed by atoms with Gasteiger partial charge in [0.1, 0.15) is 5.52 Å². The van der Waals surface area contributed by atoms with Crippen LogP contribution in [0, 0.1) is 5.92 Å². The number of para-hydroxylation sites is 2. The molecular formula is C17H22N2O2S. The van der Waals surface area contributed by atoms with Crippen LogP contribution in [0.2, 0.25) is 0 Å². The second kappa shape index (κ2) is 7.18. The molecular weight excluding hydrogens is 296 g/mol. The molecule has 1 fully saturated rings. The van der Waals surface area contributed by atoms with E-state index in [1.54, 1.807) is 0 Å². The summed E-state index contributed by atoms with van der Waals surface area (Å²) < 4.78 is 5.66. The molecule has 1 amide bonds. The Morgan fingerprint density at radius 1 is 1.36 bits per heavy atom. The Bertz CT molecular complexity index is 601. The monoisotopic (exact) mass is 318 g/mol. The quantitative estimate of drug-likeness (QED) is 0.847. The lowest BCUT2D eigenvalue weighted by molar-refractivity contribution is -0.120. The average Bonchev–Trinajstić information content (AvgIpc) is 2.95. The van der Waals surface area contributed by atoms with Gasteiger partial charge in [-0.2, -0.15) is 0 Å². The molecule has 1 aliphatic carbocycles. The van der Waals surface area contributed by atoms with E-state index in [1.807, 2.05) is 31.2 Å². The fourth-order valence-corrected chi connectivity index (χ4v) is 3.67. The largest absolute Gasteiger partial charge is 0.431 e. The maximum atomic E-state index is 12.2. The predicted molar refractivity (Wildman–Crippen MR) is 88.9 cm³/mol. The number of thioether (sulfide) groups is 1. The maximum Gasteiger partial charge on any atom is 0.257 e. The number of fused-ring (bicyclic) bond motifs is 1. The minimum absolute atomic E-state index is 0.0674. The molecule has 1 saturated carbocycles. The Hall–Kier alpha value is -1.49. The third-order valence-corrected chi connectivity index (χ3v) is 5.15. The number of amides is 1. The zero-order valence-corrected chi connectivity index (χ0v) is 13.7. The molecule has 3 rings (SSSR count). The van der Waals surface area contributed by atoms with Crippen LogP contribution in [0.5, 0.6) is 0 Å². The molecule has 0 radical (unpaired) electrons. The lowest BCUT2D eigenvalue weighted by Gasteiger charge is -2.22. The van der Waals surface area contributed by atoms with Crippen molar-refractivity contribution >= 4 is 28.8 Å². The van der Waals surface area contributed by atoms with Crippen molar-refractivity contribution in [2.75, 3.05) is 6.54 Å². The van der Waals surface area contributed by atoms with E-state index >= 15 is 0 Å². The van der Waals surface area contributed by atoms with Crippen LogP contribution in [0.15, 0.2) is 33.9 Å². The zero-order chi connectivity index (χ0) is 15.4. The highest BCUT2D eigenvalue weighted by Crippen LogP contribution is 2.27. The highest BCUT2D eigenvalue weighted by Gasteiger charge is 2.20. The Labute approximate surface area is 135 Å². The standard InChI is InChI=1S/C17H22N2O2S/c1-12(16(20)18-11-13-7-3-2-4-8-13)22-17-19-14-9-5-6-10-15(14)21-17/h5-6,9-10,12-13H,2-4,7-8,11H2,1H3,(H,18,20).